The first kappa shape index (κ1) is 14.3. The monoisotopic (exact) mass is 261 g/mol. The van der Waals surface area contributed by atoms with Crippen LogP contribution in [0.3, 0.4) is 0 Å². The van der Waals surface area contributed by atoms with Gasteiger partial charge in [0.2, 0.25) is 0 Å². The maximum absolute atomic E-state index is 11.9. The number of alkyl halides is 3. The Labute approximate surface area is 103 Å². The van der Waals surface area contributed by atoms with Gasteiger partial charge in [-0.3, -0.25) is 4.90 Å². The molecule has 0 aliphatic heterocycles. The predicted octanol–water partition coefficient (Wildman–Crippen LogP) is 3.44. The van der Waals surface area contributed by atoms with Gasteiger partial charge in [-0.15, -0.1) is 0 Å². The Hall–Kier alpha value is -1.72. The van der Waals surface area contributed by atoms with Crippen molar-refractivity contribution < 1.29 is 22.7 Å². The maximum atomic E-state index is 11.9. The first-order valence-electron chi connectivity index (χ1n) is 5.25. The van der Waals surface area contributed by atoms with Crippen LogP contribution >= 0.6 is 0 Å². The van der Waals surface area contributed by atoms with Crippen LogP contribution in [-0.4, -0.2) is 25.9 Å². The average molecular weight is 261 g/mol. The van der Waals surface area contributed by atoms with Crippen molar-refractivity contribution in [1.82, 2.24) is 0 Å². The van der Waals surface area contributed by atoms with E-state index < -0.39 is 18.9 Å². The first-order valence-corrected chi connectivity index (χ1v) is 5.25. The largest absolute Gasteiger partial charge is 0.440 e. The van der Waals surface area contributed by atoms with Crippen LogP contribution in [0.25, 0.3) is 0 Å². The molecule has 3 nitrogen and oxygen atoms in total. The van der Waals surface area contributed by atoms with Crippen molar-refractivity contribution >= 4 is 11.8 Å². The second-order valence-corrected chi connectivity index (χ2v) is 4.02. The number of anilines is 1. The quantitative estimate of drug-likeness (QED) is 0.816. The second-order valence-electron chi connectivity index (χ2n) is 4.02. The van der Waals surface area contributed by atoms with Gasteiger partial charge < -0.3 is 4.74 Å². The minimum absolute atomic E-state index is 0.521. The van der Waals surface area contributed by atoms with E-state index in [-0.39, 0.29) is 0 Å². The lowest BCUT2D eigenvalue weighted by molar-refractivity contribution is -0.159. The number of carbonyl (C=O) groups excluding carboxylic acids is 1. The van der Waals surface area contributed by atoms with Gasteiger partial charge in [0.1, 0.15) is 0 Å². The zero-order chi connectivity index (χ0) is 13.9. The molecule has 0 saturated heterocycles. The van der Waals surface area contributed by atoms with Gasteiger partial charge in [0, 0.05) is 12.7 Å². The molecule has 18 heavy (non-hydrogen) atoms. The number of nitrogens with zero attached hydrogens (tertiary/aromatic N) is 1. The van der Waals surface area contributed by atoms with Crippen molar-refractivity contribution in [2.24, 2.45) is 0 Å². The summed E-state index contributed by atoms with van der Waals surface area (Å²) in [7, 11) is 1.37. The van der Waals surface area contributed by atoms with E-state index in [0.29, 0.717) is 5.69 Å². The molecular formula is C12H14F3NO2. The number of hydrogen-bond donors (Lipinski definition) is 0. The summed E-state index contributed by atoms with van der Waals surface area (Å²) in [6, 6.07) is 5.28. The summed E-state index contributed by atoms with van der Waals surface area (Å²) in [4.78, 5) is 12.5. The number of rotatable bonds is 2. The molecule has 0 radical (unpaired) electrons. The molecule has 0 aromatic heterocycles. The predicted molar refractivity (Wildman–Crippen MR) is 61.7 cm³/mol. The van der Waals surface area contributed by atoms with Crippen LogP contribution in [0.15, 0.2) is 18.2 Å². The lowest BCUT2D eigenvalue weighted by Gasteiger charge is -2.19. The van der Waals surface area contributed by atoms with E-state index in [0.717, 1.165) is 16.0 Å². The van der Waals surface area contributed by atoms with E-state index in [2.05, 4.69) is 4.74 Å². The van der Waals surface area contributed by atoms with Crippen LogP contribution in [0.5, 0.6) is 0 Å². The zero-order valence-corrected chi connectivity index (χ0v) is 10.3. The lowest BCUT2D eigenvalue weighted by Crippen LogP contribution is -2.31. The summed E-state index contributed by atoms with van der Waals surface area (Å²) in [5, 5.41) is 0. The van der Waals surface area contributed by atoms with Gasteiger partial charge in [-0.1, -0.05) is 17.7 Å². The molecule has 100 valence electrons. The summed E-state index contributed by atoms with van der Waals surface area (Å²) < 4.78 is 39.9. The van der Waals surface area contributed by atoms with E-state index in [9.17, 15) is 18.0 Å². The summed E-state index contributed by atoms with van der Waals surface area (Å²) in [6.07, 6.45) is -5.54. The third-order valence-electron chi connectivity index (χ3n) is 2.35. The summed E-state index contributed by atoms with van der Waals surface area (Å²) in [5.74, 6) is 0. The molecule has 0 aliphatic rings. The van der Waals surface area contributed by atoms with Crippen LogP contribution in [0.2, 0.25) is 0 Å². The van der Waals surface area contributed by atoms with E-state index in [1.165, 1.54) is 7.05 Å². The normalized spacial score (nSPS) is 11.2. The van der Waals surface area contributed by atoms with E-state index >= 15 is 0 Å². The Balaban J connectivity index is 2.74. The number of aryl methyl sites for hydroxylation is 2. The SMILES string of the molecule is Cc1ccc(N(C)C(=O)OCC(F)(F)F)c(C)c1. The molecule has 0 spiro atoms. The number of carbonyl (C=O) groups is 1. The molecule has 0 bridgehead atoms. The fourth-order valence-corrected chi connectivity index (χ4v) is 1.52. The fraction of sp³-hybridized carbons (Fsp3) is 0.417. The fourth-order valence-electron chi connectivity index (χ4n) is 1.52. The smallest absolute Gasteiger partial charge is 0.422 e. The lowest BCUT2D eigenvalue weighted by atomic mass is 10.1. The molecule has 0 unspecified atom stereocenters. The Kier molecular flexibility index (Phi) is 4.21. The number of halogens is 3. The summed E-state index contributed by atoms with van der Waals surface area (Å²) >= 11 is 0. The third-order valence-corrected chi connectivity index (χ3v) is 2.35. The molecule has 0 fully saturated rings. The highest BCUT2D eigenvalue weighted by Crippen LogP contribution is 2.21. The average Bonchev–Trinajstić information content (AvgIpc) is 2.24. The summed E-state index contributed by atoms with van der Waals surface area (Å²) in [5.41, 5.74) is 2.32. The van der Waals surface area contributed by atoms with Crippen LogP contribution in [0.1, 0.15) is 11.1 Å². The van der Waals surface area contributed by atoms with Crippen LogP contribution in [-0.2, 0) is 4.74 Å². The topological polar surface area (TPSA) is 29.5 Å². The molecule has 0 aliphatic carbocycles. The van der Waals surface area contributed by atoms with Gasteiger partial charge in [-0.25, -0.2) is 4.79 Å². The van der Waals surface area contributed by atoms with E-state index in [1.54, 1.807) is 19.1 Å². The minimum atomic E-state index is -4.52. The number of amides is 1. The van der Waals surface area contributed by atoms with Gasteiger partial charge in [0.25, 0.3) is 0 Å². The highest BCUT2D eigenvalue weighted by atomic mass is 19.4. The molecule has 0 atom stereocenters. The Morgan fingerprint density at radius 2 is 1.94 bits per heavy atom. The van der Waals surface area contributed by atoms with Crippen LogP contribution in [0.4, 0.5) is 23.7 Å². The van der Waals surface area contributed by atoms with Crippen molar-refractivity contribution in [2.45, 2.75) is 20.0 Å². The second kappa shape index (κ2) is 5.29. The maximum Gasteiger partial charge on any atom is 0.422 e. The van der Waals surface area contributed by atoms with Crippen molar-refractivity contribution in [3.05, 3.63) is 29.3 Å². The van der Waals surface area contributed by atoms with Crippen molar-refractivity contribution in [2.75, 3.05) is 18.6 Å². The Bertz CT molecular complexity index is 443. The van der Waals surface area contributed by atoms with Crippen molar-refractivity contribution in [3.63, 3.8) is 0 Å². The van der Waals surface area contributed by atoms with Gasteiger partial charge in [0.05, 0.1) is 0 Å². The third kappa shape index (κ3) is 3.94. The number of benzene rings is 1. The van der Waals surface area contributed by atoms with Gasteiger partial charge in [-0.05, 0) is 25.5 Å². The van der Waals surface area contributed by atoms with Crippen LogP contribution < -0.4 is 4.90 Å². The molecule has 0 saturated carbocycles. The highest BCUT2D eigenvalue weighted by Gasteiger charge is 2.30. The standard InChI is InChI=1S/C12H14F3NO2/c1-8-4-5-10(9(2)6-8)16(3)11(17)18-7-12(13,14)15/h4-6H,7H2,1-3H3. The minimum Gasteiger partial charge on any atom is -0.440 e. The van der Waals surface area contributed by atoms with Gasteiger partial charge in [-0.2, -0.15) is 13.2 Å². The first-order chi connectivity index (χ1) is 8.20. The van der Waals surface area contributed by atoms with Crippen molar-refractivity contribution in [1.29, 1.82) is 0 Å². The van der Waals surface area contributed by atoms with E-state index in [4.69, 9.17) is 0 Å². The van der Waals surface area contributed by atoms with Crippen molar-refractivity contribution in [3.8, 4) is 0 Å². The number of hydrogen-bond acceptors (Lipinski definition) is 2. The molecule has 0 heterocycles. The molecule has 1 amide bonds. The Morgan fingerprint density at radius 3 is 2.44 bits per heavy atom. The van der Waals surface area contributed by atoms with Crippen LogP contribution in [0, 0.1) is 13.8 Å². The highest BCUT2D eigenvalue weighted by molar-refractivity contribution is 5.88. The number of ether oxygens (including phenoxy) is 1. The summed E-state index contributed by atoms with van der Waals surface area (Å²) in [6.45, 7) is 2.08. The van der Waals surface area contributed by atoms with E-state index in [1.807, 2.05) is 13.0 Å². The molecule has 6 heteroatoms. The zero-order valence-electron chi connectivity index (χ0n) is 10.3. The Morgan fingerprint density at radius 1 is 1.33 bits per heavy atom. The molecule has 0 N–H and O–H groups in total. The van der Waals surface area contributed by atoms with Gasteiger partial charge >= 0.3 is 12.3 Å². The van der Waals surface area contributed by atoms with Gasteiger partial charge in [0.15, 0.2) is 6.61 Å². The molecule has 1 aromatic rings. The molecule has 1 aromatic carbocycles. The molecule has 1 rings (SSSR count). The molecular weight excluding hydrogens is 247 g/mol.